The molecule has 1 aromatic rings. The summed E-state index contributed by atoms with van der Waals surface area (Å²) in [4.78, 5) is 8.09. The van der Waals surface area contributed by atoms with Gasteiger partial charge in [-0.25, -0.2) is 9.97 Å². The summed E-state index contributed by atoms with van der Waals surface area (Å²) in [5.41, 5.74) is 6.58. The molecular weight excluding hydrogens is 202 g/mol. The summed E-state index contributed by atoms with van der Waals surface area (Å²) in [6.07, 6.45) is 9.18. The standard InChI is InChI=1S/C12H19N3O/c1-9-11(13)14-8-15-12(9)16-10-6-4-2-3-5-7-10/h8,10H,2-7H2,1H3,(H2,13,14,15). The summed E-state index contributed by atoms with van der Waals surface area (Å²) in [6, 6.07) is 0. The summed E-state index contributed by atoms with van der Waals surface area (Å²) in [5, 5.41) is 0. The summed E-state index contributed by atoms with van der Waals surface area (Å²) in [6.45, 7) is 1.90. The zero-order chi connectivity index (χ0) is 11.4. The van der Waals surface area contributed by atoms with Crippen molar-refractivity contribution in [1.29, 1.82) is 0 Å². The predicted octanol–water partition coefficient (Wildman–Crippen LogP) is 2.47. The average molecular weight is 221 g/mol. The molecule has 1 aromatic heterocycles. The predicted molar refractivity (Wildman–Crippen MR) is 63.3 cm³/mol. The molecule has 2 N–H and O–H groups in total. The second-order valence-electron chi connectivity index (χ2n) is 4.42. The Labute approximate surface area is 96.2 Å². The van der Waals surface area contributed by atoms with Crippen molar-refractivity contribution in [2.45, 2.75) is 51.6 Å². The van der Waals surface area contributed by atoms with Crippen LogP contribution in [0.3, 0.4) is 0 Å². The summed E-state index contributed by atoms with van der Waals surface area (Å²) < 4.78 is 5.92. The zero-order valence-corrected chi connectivity index (χ0v) is 9.78. The number of rotatable bonds is 2. The number of nitrogens with zero attached hydrogens (tertiary/aromatic N) is 2. The molecular formula is C12H19N3O. The van der Waals surface area contributed by atoms with Gasteiger partial charge in [0.05, 0.1) is 5.56 Å². The molecule has 0 amide bonds. The first-order chi connectivity index (χ1) is 7.77. The monoisotopic (exact) mass is 221 g/mol. The largest absolute Gasteiger partial charge is 0.474 e. The van der Waals surface area contributed by atoms with Crippen molar-refractivity contribution in [3.8, 4) is 5.88 Å². The van der Waals surface area contributed by atoms with E-state index in [0.29, 0.717) is 17.8 Å². The molecule has 0 spiro atoms. The number of nitrogen functional groups attached to an aromatic ring is 1. The Balaban J connectivity index is 2.04. The smallest absolute Gasteiger partial charge is 0.221 e. The maximum absolute atomic E-state index is 5.92. The first kappa shape index (κ1) is 11.2. The Kier molecular flexibility index (Phi) is 3.59. The lowest BCUT2D eigenvalue weighted by Crippen LogP contribution is -2.17. The van der Waals surface area contributed by atoms with E-state index in [9.17, 15) is 0 Å². The van der Waals surface area contributed by atoms with Gasteiger partial charge in [-0.1, -0.05) is 12.8 Å². The third kappa shape index (κ3) is 2.62. The van der Waals surface area contributed by atoms with E-state index in [1.807, 2.05) is 6.92 Å². The molecule has 88 valence electrons. The molecule has 0 saturated heterocycles. The molecule has 0 aliphatic heterocycles. The SMILES string of the molecule is Cc1c(N)ncnc1OC1CCCCCC1. The second kappa shape index (κ2) is 5.14. The highest BCUT2D eigenvalue weighted by Crippen LogP contribution is 2.24. The molecule has 0 aromatic carbocycles. The molecule has 16 heavy (non-hydrogen) atoms. The highest BCUT2D eigenvalue weighted by atomic mass is 16.5. The topological polar surface area (TPSA) is 61.0 Å². The maximum Gasteiger partial charge on any atom is 0.221 e. The number of hydrogen-bond acceptors (Lipinski definition) is 4. The average Bonchev–Trinajstić information content (AvgIpc) is 2.53. The Bertz CT molecular complexity index is 346. The van der Waals surface area contributed by atoms with Gasteiger partial charge in [-0.3, -0.25) is 0 Å². The molecule has 0 bridgehead atoms. The van der Waals surface area contributed by atoms with Crippen LogP contribution in [-0.2, 0) is 0 Å². The molecule has 2 rings (SSSR count). The molecule has 0 atom stereocenters. The van der Waals surface area contributed by atoms with Crippen LogP contribution in [0.5, 0.6) is 5.88 Å². The van der Waals surface area contributed by atoms with Crippen LogP contribution in [0, 0.1) is 6.92 Å². The molecule has 4 heteroatoms. The van der Waals surface area contributed by atoms with E-state index in [1.54, 1.807) is 0 Å². The minimum absolute atomic E-state index is 0.301. The minimum atomic E-state index is 0.301. The van der Waals surface area contributed by atoms with E-state index in [-0.39, 0.29) is 0 Å². The second-order valence-corrected chi connectivity index (χ2v) is 4.42. The van der Waals surface area contributed by atoms with Crippen LogP contribution < -0.4 is 10.5 Å². The van der Waals surface area contributed by atoms with E-state index in [1.165, 1.54) is 32.0 Å². The van der Waals surface area contributed by atoms with Crippen molar-refractivity contribution >= 4 is 5.82 Å². The van der Waals surface area contributed by atoms with Crippen molar-refractivity contribution in [2.24, 2.45) is 0 Å². The van der Waals surface area contributed by atoms with Crippen LogP contribution in [-0.4, -0.2) is 16.1 Å². The number of aromatic nitrogens is 2. The van der Waals surface area contributed by atoms with Crippen molar-refractivity contribution in [3.63, 3.8) is 0 Å². The van der Waals surface area contributed by atoms with Crippen molar-refractivity contribution in [3.05, 3.63) is 11.9 Å². The van der Waals surface area contributed by atoms with E-state index >= 15 is 0 Å². The van der Waals surface area contributed by atoms with Crippen molar-refractivity contribution in [2.75, 3.05) is 5.73 Å². The lowest BCUT2D eigenvalue weighted by Gasteiger charge is -2.17. The van der Waals surface area contributed by atoms with Crippen molar-refractivity contribution in [1.82, 2.24) is 9.97 Å². The molecule has 1 saturated carbocycles. The Hall–Kier alpha value is -1.32. The lowest BCUT2D eigenvalue weighted by atomic mass is 10.1. The van der Waals surface area contributed by atoms with Gasteiger partial charge >= 0.3 is 0 Å². The lowest BCUT2D eigenvalue weighted by molar-refractivity contribution is 0.175. The van der Waals surface area contributed by atoms with Crippen LogP contribution >= 0.6 is 0 Å². The van der Waals surface area contributed by atoms with Crippen LogP contribution in [0.2, 0.25) is 0 Å². The molecule has 1 aliphatic carbocycles. The summed E-state index contributed by atoms with van der Waals surface area (Å²) >= 11 is 0. The van der Waals surface area contributed by atoms with Crippen molar-refractivity contribution < 1.29 is 4.74 Å². The van der Waals surface area contributed by atoms with Crippen LogP contribution in [0.15, 0.2) is 6.33 Å². The van der Waals surface area contributed by atoms with Gasteiger partial charge in [0, 0.05) is 0 Å². The molecule has 1 aliphatic rings. The number of hydrogen-bond donors (Lipinski definition) is 1. The van der Waals surface area contributed by atoms with Gasteiger partial charge in [-0.15, -0.1) is 0 Å². The van der Waals surface area contributed by atoms with Gasteiger partial charge in [-0.2, -0.15) is 0 Å². The molecule has 4 nitrogen and oxygen atoms in total. The van der Waals surface area contributed by atoms with Gasteiger partial charge < -0.3 is 10.5 Å². The van der Waals surface area contributed by atoms with Gasteiger partial charge in [0.2, 0.25) is 5.88 Å². The number of ether oxygens (including phenoxy) is 1. The maximum atomic E-state index is 5.92. The fourth-order valence-electron chi connectivity index (χ4n) is 2.08. The Morgan fingerprint density at radius 2 is 1.88 bits per heavy atom. The highest BCUT2D eigenvalue weighted by molar-refractivity contribution is 5.43. The van der Waals surface area contributed by atoms with Crippen LogP contribution in [0.4, 0.5) is 5.82 Å². The molecule has 1 fully saturated rings. The van der Waals surface area contributed by atoms with Crippen LogP contribution in [0.1, 0.15) is 44.1 Å². The fraction of sp³-hybridized carbons (Fsp3) is 0.667. The van der Waals surface area contributed by atoms with Gasteiger partial charge in [0.25, 0.3) is 0 Å². The fourth-order valence-corrected chi connectivity index (χ4v) is 2.08. The van der Waals surface area contributed by atoms with Crippen LogP contribution in [0.25, 0.3) is 0 Å². The summed E-state index contributed by atoms with van der Waals surface area (Å²) in [7, 11) is 0. The summed E-state index contributed by atoms with van der Waals surface area (Å²) in [5.74, 6) is 1.16. The first-order valence-corrected chi connectivity index (χ1v) is 6.01. The molecule has 0 radical (unpaired) electrons. The van der Waals surface area contributed by atoms with E-state index < -0.39 is 0 Å². The minimum Gasteiger partial charge on any atom is -0.474 e. The van der Waals surface area contributed by atoms with Gasteiger partial charge in [0.15, 0.2) is 0 Å². The zero-order valence-electron chi connectivity index (χ0n) is 9.78. The number of nitrogens with two attached hydrogens (primary N) is 1. The molecule has 1 heterocycles. The first-order valence-electron chi connectivity index (χ1n) is 6.01. The van der Waals surface area contributed by atoms with Gasteiger partial charge in [-0.05, 0) is 32.6 Å². The van der Waals surface area contributed by atoms with E-state index in [0.717, 1.165) is 18.4 Å². The molecule has 0 unspecified atom stereocenters. The van der Waals surface area contributed by atoms with Gasteiger partial charge in [0.1, 0.15) is 18.2 Å². The normalized spacial score (nSPS) is 18.1. The van der Waals surface area contributed by atoms with E-state index in [2.05, 4.69) is 9.97 Å². The highest BCUT2D eigenvalue weighted by Gasteiger charge is 2.16. The Morgan fingerprint density at radius 1 is 1.19 bits per heavy atom. The third-order valence-corrected chi connectivity index (χ3v) is 3.16. The quantitative estimate of drug-likeness (QED) is 0.779. The number of anilines is 1. The third-order valence-electron chi connectivity index (χ3n) is 3.16. The van der Waals surface area contributed by atoms with E-state index in [4.69, 9.17) is 10.5 Å². The Morgan fingerprint density at radius 3 is 2.56 bits per heavy atom.